The third-order valence-electron chi connectivity index (χ3n) is 10.3. The van der Waals surface area contributed by atoms with E-state index in [2.05, 4.69) is 131 Å². The number of hydrogen-bond donors (Lipinski definition) is 0. The van der Waals surface area contributed by atoms with E-state index >= 15 is 0 Å². The van der Waals surface area contributed by atoms with Crippen molar-refractivity contribution in [3.8, 4) is 0 Å². The number of benzene rings is 6. The van der Waals surface area contributed by atoms with Gasteiger partial charge in [-0.2, -0.15) is 0 Å². The predicted octanol–water partition coefficient (Wildman–Crippen LogP) is 9.87. The molecule has 44 heavy (non-hydrogen) atoms. The maximum atomic E-state index is 6.28. The van der Waals surface area contributed by atoms with Crippen molar-refractivity contribution in [3.05, 3.63) is 91.0 Å². The molecule has 0 aromatic heterocycles. The van der Waals surface area contributed by atoms with Crippen LogP contribution < -0.4 is 5.19 Å². The molecule has 8 rings (SSSR count). The molecule has 223 valence electrons. The van der Waals surface area contributed by atoms with Gasteiger partial charge in [0.25, 0.3) is 0 Å². The Balaban J connectivity index is 0.000000221. The monoisotopic (exact) mass is 643 g/mol. The summed E-state index contributed by atoms with van der Waals surface area (Å²) in [5.41, 5.74) is 0.165. The molecule has 0 saturated carbocycles. The maximum absolute atomic E-state index is 6.28. The lowest BCUT2D eigenvalue weighted by Gasteiger charge is -2.49. The Kier molecular flexibility index (Phi) is 7.75. The van der Waals surface area contributed by atoms with E-state index in [4.69, 9.17) is 8.85 Å². The van der Waals surface area contributed by atoms with Gasteiger partial charge in [-0.25, -0.2) is 0 Å². The fourth-order valence-electron chi connectivity index (χ4n) is 6.94. The maximum Gasteiger partial charge on any atom is 0.215 e. The minimum atomic E-state index is -1.31. The quantitative estimate of drug-likeness (QED) is 0.101. The molecule has 0 spiro atoms. The van der Waals surface area contributed by atoms with Crippen molar-refractivity contribution < 1.29 is 8.85 Å². The lowest BCUT2D eigenvalue weighted by atomic mass is 9.95. The van der Waals surface area contributed by atoms with Crippen LogP contribution in [0.25, 0.3) is 53.9 Å². The highest BCUT2D eigenvalue weighted by atomic mass is 29.3. The van der Waals surface area contributed by atoms with Gasteiger partial charge >= 0.3 is 0 Å². The summed E-state index contributed by atoms with van der Waals surface area (Å²) in [6, 6.07) is 37.3. The zero-order valence-corrected chi connectivity index (χ0v) is 31.0. The fourth-order valence-corrected chi connectivity index (χ4v) is 18.9. The second-order valence-electron chi connectivity index (χ2n) is 14.6. The molecule has 0 atom stereocenters. The second kappa shape index (κ2) is 11.3. The van der Waals surface area contributed by atoms with Crippen LogP contribution in [-0.4, -0.2) is 45.2 Å². The smallest absolute Gasteiger partial charge is 0.215 e. The van der Waals surface area contributed by atoms with E-state index in [0.29, 0.717) is 9.28 Å². The summed E-state index contributed by atoms with van der Waals surface area (Å²) >= 11 is 0. The molecule has 0 aliphatic carbocycles. The summed E-state index contributed by atoms with van der Waals surface area (Å²) < 4.78 is 12.1. The van der Waals surface area contributed by atoms with Crippen molar-refractivity contribution in [2.75, 3.05) is 6.61 Å². The molecular weight excluding hydrogens is 601 g/mol. The van der Waals surface area contributed by atoms with Crippen LogP contribution in [0.5, 0.6) is 0 Å². The lowest BCUT2D eigenvalue weighted by Crippen LogP contribution is -2.63. The van der Waals surface area contributed by atoms with Crippen LogP contribution in [-0.2, 0) is 8.85 Å². The minimum absolute atomic E-state index is 0.165. The Morgan fingerprint density at radius 1 is 0.659 bits per heavy atom. The van der Waals surface area contributed by atoms with E-state index in [1.165, 1.54) is 84.0 Å². The molecule has 0 N–H and O–H groups in total. The van der Waals surface area contributed by atoms with Crippen LogP contribution in [0.2, 0.25) is 38.3 Å². The molecule has 0 unspecified atom stereocenters. The highest BCUT2D eigenvalue weighted by molar-refractivity contribution is 7.38. The van der Waals surface area contributed by atoms with Crippen LogP contribution >= 0.6 is 0 Å². The van der Waals surface area contributed by atoms with Gasteiger partial charge in [0, 0.05) is 6.61 Å². The largest absolute Gasteiger partial charge is 0.421 e. The van der Waals surface area contributed by atoms with Crippen molar-refractivity contribution in [2.45, 2.75) is 70.6 Å². The first kappa shape index (κ1) is 30.1. The van der Waals surface area contributed by atoms with Gasteiger partial charge in [0.05, 0.1) is 13.2 Å². The Labute approximate surface area is 268 Å². The topological polar surface area (TPSA) is 18.5 Å². The predicted molar refractivity (Wildman–Crippen MR) is 200 cm³/mol. The molecule has 2 aliphatic rings. The van der Waals surface area contributed by atoms with Crippen molar-refractivity contribution >= 4 is 92.1 Å². The minimum Gasteiger partial charge on any atom is -0.421 e. The first-order chi connectivity index (χ1) is 21.0. The van der Waals surface area contributed by atoms with Crippen molar-refractivity contribution in [1.82, 2.24) is 0 Å². The van der Waals surface area contributed by atoms with E-state index in [1.54, 1.807) is 0 Å². The fraction of sp³-hybridized carbons (Fsp3) is 0.316. The van der Waals surface area contributed by atoms with Crippen LogP contribution in [0, 0.1) is 0 Å². The third-order valence-corrected chi connectivity index (χ3v) is 32.2. The third kappa shape index (κ3) is 5.77. The lowest BCUT2D eigenvalue weighted by molar-refractivity contribution is 0.0933. The molecule has 6 heteroatoms. The summed E-state index contributed by atoms with van der Waals surface area (Å²) in [6.07, 6.45) is 2.48. The Morgan fingerprint density at radius 3 is 1.80 bits per heavy atom. The van der Waals surface area contributed by atoms with Gasteiger partial charge in [0.1, 0.15) is 8.31 Å². The molecule has 0 bridgehead atoms. The second-order valence-corrected chi connectivity index (χ2v) is 34.7. The summed E-state index contributed by atoms with van der Waals surface area (Å²) in [5, 5.41) is 14.7. The summed E-state index contributed by atoms with van der Waals surface area (Å²) in [7, 11) is -2.15. The van der Waals surface area contributed by atoms with Gasteiger partial charge in [-0.15, -0.1) is 0 Å². The molecule has 2 aliphatic heterocycles. The summed E-state index contributed by atoms with van der Waals surface area (Å²) in [4.78, 5) is 0. The van der Waals surface area contributed by atoms with Crippen LogP contribution in [0.4, 0.5) is 0 Å². The number of fused-ring (bicyclic) bond motifs is 6. The van der Waals surface area contributed by atoms with Crippen LogP contribution in [0.1, 0.15) is 26.7 Å². The number of rotatable bonds is 1. The van der Waals surface area contributed by atoms with Crippen molar-refractivity contribution in [3.63, 3.8) is 0 Å². The Hall–Kier alpha value is -2.59. The zero-order chi connectivity index (χ0) is 30.7. The van der Waals surface area contributed by atoms with Crippen molar-refractivity contribution in [1.29, 1.82) is 0 Å². The van der Waals surface area contributed by atoms with Gasteiger partial charge < -0.3 is 8.85 Å². The van der Waals surface area contributed by atoms with Gasteiger partial charge in [0.2, 0.25) is 9.28 Å². The molecular formula is C38H43O2Si4. The van der Waals surface area contributed by atoms with Gasteiger partial charge in [-0.1, -0.05) is 85.0 Å². The molecule has 2 heterocycles. The van der Waals surface area contributed by atoms with Crippen molar-refractivity contribution in [2.24, 2.45) is 0 Å². The Morgan fingerprint density at radius 2 is 1.20 bits per heavy atom. The number of hydrogen-bond acceptors (Lipinski definition) is 2. The zero-order valence-electron chi connectivity index (χ0n) is 27.0. The van der Waals surface area contributed by atoms with E-state index in [1.807, 2.05) is 0 Å². The summed E-state index contributed by atoms with van der Waals surface area (Å²) in [6.45, 7) is 15.2. The van der Waals surface area contributed by atoms with Crippen LogP contribution in [0.15, 0.2) is 91.0 Å². The molecule has 2 saturated heterocycles. The average Bonchev–Trinajstić information content (AvgIpc) is 3.00. The van der Waals surface area contributed by atoms with Crippen LogP contribution in [0.3, 0.4) is 0 Å². The highest BCUT2D eigenvalue weighted by Crippen LogP contribution is 2.38. The molecule has 2 nitrogen and oxygen atoms in total. The van der Waals surface area contributed by atoms with Gasteiger partial charge in [-0.05, 0) is 130 Å². The molecule has 0 amide bonds. The molecule has 3 radical (unpaired) electrons. The van der Waals surface area contributed by atoms with Gasteiger partial charge in [-0.3, -0.25) is 0 Å². The molecule has 6 aromatic rings. The highest BCUT2D eigenvalue weighted by Gasteiger charge is 2.49. The first-order valence-corrected chi connectivity index (χ1v) is 26.9. The van der Waals surface area contributed by atoms with E-state index in [9.17, 15) is 0 Å². The Bertz CT molecular complexity index is 2030. The molecule has 2 fully saturated rings. The molecule has 6 aromatic carbocycles. The SMILES string of the molecule is CC1(C)CC[Si](C)(C)[Si](C)(C)O1.c1ccc2cc3cc4c(ccc5cc6cc([Si]7CCCO[Si]7)ccc6cc54)cc3cc2c1. The van der Waals surface area contributed by atoms with E-state index in [-0.39, 0.29) is 5.60 Å². The first-order valence-electron chi connectivity index (χ1n) is 16.2. The standard InChI is InChI=1S/C29H21OSi2.C9H22OSi2/c1-2-5-20-13-26-18-29-22(14-24(26)12-19(20)4-1)6-7-23-15-25-16-27(32-11-3-10-30-31-32)9-8-21(25)17-28(23)29;1-9(2)7-8-11(3,4)12(5,6)10-9/h1-2,4-9,12-18H,3,10-11H2;7-8H2,1-6H3. The summed E-state index contributed by atoms with van der Waals surface area (Å²) in [5.74, 6) is 0. The average molecular weight is 644 g/mol. The van der Waals surface area contributed by atoms with E-state index < -0.39 is 23.7 Å². The van der Waals surface area contributed by atoms with Gasteiger partial charge in [0.15, 0.2) is 7.83 Å². The van der Waals surface area contributed by atoms with E-state index in [0.717, 1.165) is 6.61 Å². The normalized spacial score (nSPS) is 19.8.